The zero-order valence-electron chi connectivity index (χ0n) is 57.9. The number of benzene rings is 14. The molecule has 16 rings (SSSR count). The molecular weight excluding hydrogens is 1250 g/mol. The molecule has 2 unspecified atom stereocenters. The van der Waals surface area contributed by atoms with E-state index in [1.807, 2.05) is 84.9 Å². The molecule has 0 saturated heterocycles. The van der Waals surface area contributed by atoms with Crippen molar-refractivity contribution >= 4 is 46.3 Å². The number of fused-ring (bicyclic) bond motifs is 6. The monoisotopic (exact) mass is 1320 g/mol. The van der Waals surface area contributed by atoms with Crippen LogP contribution in [-0.4, -0.2) is 0 Å². The van der Waals surface area contributed by atoms with Crippen molar-refractivity contribution in [1.29, 1.82) is 0 Å². The van der Waals surface area contributed by atoms with Gasteiger partial charge in [-0.3, -0.25) is 0 Å². The predicted molar refractivity (Wildman–Crippen MR) is 417 cm³/mol. The summed E-state index contributed by atoms with van der Waals surface area (Å²) in [5, 5.41) is 0. The van der Waals surface area contributed by atoms with Gasteiger partial charge < -0.3 is 19.3 Å². The van der Waals surface area contributed by atoms with Crippen molar-refractivity contribution < 1.29 is 18.3 Å². The number of halogens is 2. The molecule has 0 N–H and O–H groups in total. The fourth-order valence-corrected chi connectivity index (χ4v) is 15.7. The average Bonchev–Trinajstić information content (AvgIpc) is 1.54. The van der Waals surface area contributed by atoms with E-state index in [4.69, 9.17) is 9.47 Å². The summed E-state index contributed by atoms with van der Waals surface area (Å²) in [6, 6.07) is 106. The maximum Gasteiger partial charge on any atom is 0.128 e. The SMILES string of the molecule is C=Cc1ccc(Oc2ccc(C3(c4cc(C)ccc4C)c4ccccc4-c4ccc(N(c5ccc(-c6ccc(N(c7ccc(C)c(F)c7)c7ccc8c(c7)C(c7ccc(Oc9ccc(C=C)cc9)cc7)(c7cc(C)ccc7C)c7ccccc7-8)cc6)cc5)c5ccc(C)c(F)c5)cc43)cc2)cc1. The summed E-state index contributed by atoms with van der Waals surface area (Å²) in [6.07, 6.45) is 3.65. The average molecular weight is 1330 g/mol. The van der Waals surface area contributed by atoms with Crippen LogP contribution < -0.4 is 19.3 Å². The van der Waals surface area contributed by atoms with Gasteiger partial charge in [0.1, 0.15) is 34.6 Å². The van der Waals surface area contributed by atoms with E-state index in [1.165, 1.54) is 22.3 Å². The molecule has 0 bridgehead atoms. The number of rotatable bonds is 17. The van der Waals surface area contributed by atoms with Crippen LogP contribution in [-0.2, 0) is 10.8 Å². The standard InChI is InChI=1S/C96H74F2N2O2/c1-9-67-25-45-79(46-26-67)101-81-49-33-71(34-50-81)95(89-55-61(3)19-21-63(89)5)87-17-13-11-15-83(87)85-53-43-75(57-91(85)95)99(77-37-23-65(7)93(97)59-77)73-39-29-69(30-40-73)70-31-41-74(42-32-70)100(78-38-24-66(8)94(98)60-78)76-44-54-86-84-16-12-14-18-88(84)96(92(86)58-76,90-56-62(4)20-22-64(90)6)72-35-51-82(52-36-72)102-80-47-27-68(10-2)28-48-80/h9-60H,1-2H2,3-8H3. The molecule has 14 aromatic carbocycles. The van der Waals surface area contributed by atoms with Crippen molar-refractivity contribution in [3.63, 3.8) is 0 Å². The number of nitrogens with zero attached hydrogens (tertiary/aromatic N) is 2. The van der Waals surface area contributed by atoms with Crippen LogP contribution in [0.15, 0.2) is 316 Å². The van der Waals surface area contributed by atoms with Crippen LogP contribution in [0.4, 0.5) is 42.9 Å². The van der Waals surface area contributed by atoms with Gasteiger partial charge in [0.2, 0.25) is 0 Å². The highest BCUT2D eigenvalue weighted by atomic mass is 19.1. The molecule has 0 spiro atoms. The Morgan fingerprint density at radius 2 is 0.598 bits per heavy atom. The first kappa shape index (κ1) is 64.3. The van der Waals surface area contributed by atoms with Crippen molar-refractivity contribution in [2.24, 2.45) is 0 Å². The second-order valence-electron chi connectivity index (χ2n) is 27.1. The summed E-state index contributed by atoms with van der Waals surface area (Å²) >= 11 is 0. The summed E-state index contributed by atoms with van der Waals surface area (Å²) in [5.74, 6) is 2.36. The smallest absolute Gasteiger partial charge is 0.128 e. The Balaban J connectivity index is 0.784. The zero-order chi connectivity index (χ0) is 70.0. The quantitative estimate of drug-likeness (QED) is 0.0907. The third kappa shape index (κ3) is 11.1. The Morgan fingerprint density at radius 3 is 0.961 bits per heavy atom. The van der Waals surface area contributed by atoms with E-state index in [-0.39, 0.29) is 11.6 Å². The van der Waals surface area contributed by atoms with Crippen molar-refractivity contribution in [1.82, 2.24) is 0 Å². The van der Waals surface area contributed by atoms with E-state index < -0.39 is 10.8 Å². The van der Waals surface area contributed by atoms with Crippen molar-refractivity contribution in [2.45, 2.75) is 52.4 Å². The molecule has 0 amide bonds. The lowest BCUT2D eigenvalue weighted by atomic mass is 9.66. The summed E-state index contributed by atoms with van der Waals surface area (Å²) in [7, 11) is 0. The van der Waals surface area contributed by atoms with Gasteiger partial charge in [-0.1, -0.05) is 218 Å². The third-order valence-electron chi connectivity index (χ3n) is 20.9. The van der Waals surface area contributed by atoms with E-state index in [2.05, 4.69) is 269 Å². The summed E-state index contributed by atoms with van der Waals surface area (Å²) < 4.78 is 45.3. The van der Waals surface area contributed by atoms with E-state index in [0.29, 0.717) is 22.5 Å². The van der Waals surface area contributed by atoms with Gasteiger partial charge in [-0.05, 0) is 274 Å². The fourth-order valence-electron chi connectivity index (χ4n) is 15.7. The molecule has 0 saturated carbocycles. The van der Waals surface area contributed by atoms with Crippen molar-refractivity contribution in [3.05, 3.63) is 417 Å². The minimum Gasteiger partial charge on any atom is -0.457 e. The number of ether oxygens (including phenoxy) is 2. The van der Waals surface area contributed by atoms with E-state index in [9.17, 15) is 0 Å². The first-order chi connectivity index (χ1) is 49.7. The minimum absolute atomic E-state index is 0.289. The van der Waals surface area contributed by atoms with Crippen molar-refractivity contribution in [2.75, 3.05) is 9.80 Å². The molecule has 102 heavy (non-hydrogen) atoms. The predicted octanol–water partition coefficient (Wildman–Crippen LogP) is 26.0. The largest absolute Gasteiger partial charge is 0.457 e. The highest BCUT2D eigenvalue weighted by Gasteiger charge is 2.49. The lowest BCUT2D eigenvalue weighted by Crippen LogP contribution is -2.30. The van der Waals surface area contributed by atoms with Crippen LogP contribution in [0.2, 0.25) is 0 Å². The van der Waals surface area contributed by atoms with Crippen LogP contribution in [0.1, 0.15) is 89.0 Å². The normalized spacial score (nSPS) is 14.6. The second-order valence-corrected chi connectivity index (χ2v) is 27.1. The summed E-state index contributed by atoms with van der Waals surface area (Å²) in [6.45, 7) is 20.2. The molecule has 4 nitrogen and oxygen atoms in total. The molecule has 14 aromatic rings. The van der Waals surface area contributed by atoms with Crippen LogP contribution >= 0.6 is 0 Å². The Labute approximate surface area is 596 Å². The number of anilines is 6. The molecule has 0 aliphatic heterocycles. The van der Waals surface area contributed by atoms with Crippen LogP contribution in [0, 0.1) is 53.2 Å². The van der Waals surface area contributed by atoms with Gasteiger partial charge in [0.25, 0.3) is 0 Å². The molecule has 6 heteroatoms. The highest BCUT2D eigenvalue weighted by molar-refractivity contribution is 5.92. The Bertz CT molecular complexity index is 5240. The van der Waals surface area contributed by atoms with Gasteiger partial charge in [0.15, 0.2) is 0 Å². The van der Waals surface area contributed by atoms with Crippen LogP contribution in [0.25, 0.3) is 45.5 Å². The summed E-state index contributed by atoms with van der Waals surface area (Å²) in [4.78, 5) is 4.33. The van der Waals surface area contributed by atoms with Crippen molar-refractivity contribution in [3.8, 4) is 56.4 Å². The number of aryl methyl sites for hydroxylation is 6. The van der Waals surface area contributed by atoms with Crippen LogP contribution in [0.3, 0.4) is 0 Å². The Kier molecular flexibility index (Phi) is 16.4. The molecule has 2 atom stereocenters. The Hall–Kier alpha value is -12.4. The van der Waals surface area contributed by atoms with E-state index in [0.717, 1.165) is 135 Å². The van der Waals surface area contributed by atoms with Gasteiger partial charge in [-0.15, -0.1) is 0 Å². The molecule has 2 aliphatic carbocycles. The van der Waals surface area contributed by atoms with Gasteiger partial charge in [-0.2, -0.15) is 0 Å². The molecule has 0 heterocycles. The molecule has 0 radical (unpaired) electrons. The first-order valence-electron chi connectivity index (χ1n) is 34.7. The van der Waals surface area contributed by atoms with Gasteiger partial charge in [0.05, 0.1) is 10.8 Å². The zero-order valence-corrected chi connectivity index (χ0v) is 57.9. The highest BCUT2D eigenvalue weighted by Crippen LogP contribution is 2.60. The van der Waals surface area contributed by atoms with Gasteiger partial charge >= 0.3 is 0 Å². The van der Waals surface area contributed by atoms with Gasteiger partial charge in [-0.25, -0.2) is 8.78 Å². The molecular formula is C96H74F2N2O2. The molecule has 2 aliphatic rings. The lowest BCUT2D eigenvalue weighted by molar-refractivity contribution is 0.482. The maximum absolute atomic E-state index is 16.2. The topological polar surface area (TPSA) is 24.9 Å². The second kappa shape index (κ2) is 26.0. The fraction of sp³-hybridized carbons (Fsp3) is 0.0833. The lowest BCUT2D eigenvalue weighted by Gasteiger charge is -2.36. The molecule has 494 valence electrons. The third-order valence-corrected chi connectivity index (χ3v) is 20.9. The first-order valence-corrected chi connectivity index (χ1v) is 34.7. The van der Waals surface area contributed by atoms with Gasteiger partial charge in [0, 0.05) is 34.1 Å². The number of hydrogen-bond donors (Lipinski definition) is 0. The van der Waals surface area contributed by atoms with Crippen LogP contribution in [0.5, 0.6) is 23.0 Å². The number of hydrogen-bond acceptors (Lipinski definition) is 4. The molecule has 0 fully saturated rings. The Morgan fingerprint density at radius 1 is 0.284 bits per heavy atom. The van der Waals surface area contributed by atoms with E-state index >= 15 is 8.78 Å². The summed E-state index contributed by atoms with van der Waals surface area (Å²) in [5.41, 5.74) is 26.9. The maximum atomic E-state index is 16.2. The van der Waals surface area contributed by atoms with E-state index in [1.54, 1.807) is 26.0 Å². The minimum atomic E-state index is -0.757. The molecule has 0 aromatic heterocycles.